The van der Waals surface area contributed by atoms with Crippen molar-refractivity contribution in [1.82, 2.24) is 10.2 Å². The van der Waals surface area contributed by atoms with Crippen molar-refractivity contribution >= 4 is 11.9 Å². The van der Waals surface area contributed by atoms with Gasteiger partial charge in [-0.15, -0.1) is 6.54 Å². The van der Waals surface area contributed by atoms with Gasteiger partial charge in [-0.3, -0.25) is 9.59 Å². The molecule has 0 aliphatic carbocycles. The van der Waals surface area contributed by atoms with Crippen LogP contribution in [0.4, 0.5) is 0 Å². The number of carbonyl (C=O) groups is 2. The summed E-state index contributed by atoms with van der Waals surface area (Å²) in [7, 11) is 2.98. The summed E-state index contributed by atoms with van der Waals surface area (Å²) in [6, 6.07) is -1.18. The van der Waals surface area contributed by atoms with Crippen molar-refractivity contribution in [3.8, 4) is 0 Å². The van der Waals surface area contributed by atoms with E-state index in [1.165, 1.54) is 12.0 Å². The van der Waals surface area contributed by atoms with Crippen molar-refractivity contribution in [2.24, 2.45) is 0 Å². The first-order valence-corrected chi connectivity index (χ1v) is 5.02. The molecule has 0 aromatic carbocycles. The molecule has 1 aliphatic heterocycles. The average molecular weight is 402 g/mol. The van der Waals surface area contributed by atoms with E-state index in [-0.39, 0.29) is 77.4 Å². The third-order valence-electron chi connectivity index (χ3n) is 2.46. The summed E-state index contributed by atoms with van der Waals surface area (Å²) in [5, 5.41) is 2.89. The minimum Gasteiger partial charge on any atom is -0.470 e. The molecule has 1 aliphatic rings. The molecule has 1 heterocycles. The summed E-state index contributed by atoms with van der Waals surface area (Å²) in [5.41, 5.74) is 0. The van der Waals surface area contributed by atoms with Crippen LogP contribution in [0.15, 0.2) is 12.2 Å². The minimum absolute atomic E-state index is 0. The summed E-state index contributed by atoms with van der Waals surface area (Å²) < 4.78 is 4.56. The molecule has 0 spiro atoms. The van der Waals surface area contributed by atoms with Crippen molar-refractivity contribution in [2.45, 2.75) is 18.5 Å². The zero-order chi connectivity index (χ0) is 12.1. The molecular formula is C11H16N2O3Y2-2. The zero-order valence-corrected chi connectivity index (χ0v) is 16.3. The normalized spacial score (nSPS) is 19.8. The predicted molar refractivity (Wildman–Crippen MR) is 58.9 cm³/mol. The van der Waals surface area contributed by atoms with Gasteiger partial charge in [0.05, 0.1) is 13.2 Å². The quantitative estimate of drug-likeness (QED) is 0.529. The molecule has 1 unspecified atom stereocenters. The molecule has 0 saturated heterocycles. The maximum absolute atomic E-state index is 12.0. The van der Waals surface area contributed by atoms with Gasteiger partial charge in [0.1, 0.15) is 0 Å². The molecule has 0 saturated carbocycles. The Hall–Kier alpha value is 0.718. The molecule has 7 heteroatoms. The third kappa shape index (κ3) is 5.38. The SMILES string of the molecule is [CH2-]C(C(=O)OC)N1[CH-]C=CC[C@H](NC)C1=O.[Y].[Y]. The number of hydrogen-bond acceptors (Lipinski definition) is 4. The van der Waals surface area contributed by atoms with E-state index < -0.39 is 12.0 Å². The first-order chi connectivity index (χ1) is 7.61. The van der Waals surface area contributed by atoms with Crippen LogP contribution in [-0.2, 0) is 79.7 Å². The number of amides is 1. The van der Waals surface area contributed by atoms with Gasteiger partial charge in [-0.1, -0.05) is 6.42 Å². The van der Waals surface area contributed by atoms with Crippen molar-refractivity contribution in [3.05, 3.63) is 25.6 Å². The van der Waals surface area contributed by atoms with Crippen LogP contribution in [0.25, 0.3) is 0 Å². The first-order valence-electron chi connectivity index (χ1n) is 5.02. The summed E-state index contributed by atoms with van der Waals surface area (Å²) >= 11 is 0. The van der Waals surface area contributed by atoms with Crippen LogP contribution >= 0.6 is 0 Å². The second kappa shape index (κ2) is 10.5. The van der Waals surface area contributed by atoms with Gasteiger partial charge in [-0.25, -0.2) is 12.2 Å². The van der Waals surface area contributed by atoms with Gasteiger partial charge in [0, 0.05) is 65.4 Å². The fourth-order valence-electron chi connectivity index (χ4n) is 1.47. The molecule has 2 atom stereocenters. The van der Waals surface area contributed by atoms with Gasteiger partial charge in [-0.05, 0) is 13.1 Å². The van der Waals surface area contributed by atoms with Gasteiger partial charge in [0.25, 0.3) is 5.97 Å². The minimum atomic E-state index is -0.851. The third-order valence-corrected chi connectivity index (χ3v) is 2.46. The second-order valence-corrected chi connectivity index (χ2v) is 3.44. The summed E-state index contributed by atoms with van der Waals surface area (Å²) in [6.45, 7) is 5.18. The zero-order valence-electron chi connectivity index (χ0n) is 10.6. The van der Waals surface area contributed by atoms with Crippen LogP contribution in [0, 0.1) is 13.5 Å². The van der Waals surface area contributed by atoms with Crippen LogP contribution in [0.5, 0.6) is 0 Å². The number of hydrogen-bond donors (Lipinski definition) is 1. The topological polar surface area (TPSA) is 58.6 Å². The van der Waals surface area contributed by atoms with E-state index >= 15 is 0 Å². The molecule has 0 aromatic rings. The largest absolute Gasteiger partial charge is 0.470 e. The van der Waals surface area contributed by atoms with Crippen LogP contribution in [0.3, 0.4) is 0 Å². The molecule has 0 fully saturated rings. The number of nitrogens with zero attached hydrogens (tertiary/aromatic N) is 1. The Kier molecular flexibility index (Phi) is 12.3. The van der Waals surface area contributed by atoms with E-state index in [2.05, 4.69) is 17.0 Å². The molecule has 1 N–H and O–H groups in total. The molecule has 2 radical (unpaired) electrons. The van der Waals surface area contributed by atoms with E-state index in [9.17, 15) is 9.59 Å². The predicted octanol–water partition coefficient (Wildman–Crippen LogP) is -0.105. The van der Waals surface area contributed by atoms with Crippen molar-refractivity contribution in [2.75, 3.05) is 14.2 Å². The summed E-state index contributed by atoms with van der Waals surface area (Å²) in [4.78, 5) is 24.6. The molecule has 0 bridgehead atoms. The van der Waals surface area contributed by atoms with Gasteiger partial charge in [0.2, 0.25) is 5.91 Å². The number of esters is 1. The van der Waals surface area contributed by atoms with Gasteiger partial charge >= 0.3 is 0 Å². The molecule has 1 amide bonds. The van der Waals surface area contributed by atoms with Crippen LogP contribution in [-0.4, -0.2) is 43.0 Å². The average Bonchev–Trinajstić information content (AvgIpc) is 2.49. The van der Waals surface area contributed by atoms with Gasteiger partial charge < -0.3 is 21.9 Å². The molecule has 5 nitrogen and oxygen atoms in total. The maximum Gasteiger partial charge on any atom is 0.295 e. The van der Waals surface area contributed by atoms with Gasteiger partial charge in [-0.2, -0.15) is 0 Å². The Morgan fingerprint density at radius 3 is 2.78 bits per heavy atom. The Morgan fingerprint density at radius 2 is 2.28 bits per heavy atom. The molecule has 1 rings (SSSR count). The van der Waals surface area contributed by atoms with E-state index in [0.29, 0.717) is 6.42 Å². The van der Waals surface area contributed by atoms with Crippen molar-refractivity contribution in [3.63, 3.8) is 0 Å². The fraction of sp³-hybridized carbons (Fsp3) is 0.455. The van der Waals surface area contributed by atoms with Crippen LogP contribution < -0.4 is 5.32 Å². The number of rotatable bonds is 3. The Labute approximate surface area is 158 Å². The monoisotopic (exact) mass is 402 g/mol. The standard InChI is InChI=1S/C11H16N2O3.2Y/c1-8(11(15)16-3)13-7-5-4-6-9(12-2)10(13)14;;/h4-5,7-9,12H,1,6H2,2-3H3;;/q-2;;/t8?,9-;;/m0../s1. The Bertz CT molecular complexity index is 311. The summed E-state index contributed by atoms with van der Waals surface area (Å²) in [6.07, 6.45) is 4.19. The van der Waals surface area contributed by atoms with Crippen LogP contribution in [0.2, 0.25) is 0 Å². The van der Waals surface area contributed by atoms with E-state index in [1.54, 1.807) is 19.7 Å². The van der Waals surface area contributed by atoms with Gasteiger partial charge in [0.15, 0.2) is 0 Å². The molecule has 18 heavy (non-hydrogen) atoms. The Balaban J connectivity index is 0. The molecule has 0 aromatic heterocycles. The second-order valence-electron chi connectivity index (χ2n) is 3.44. The Morgan fingerprint density at radius 1 is 1.67 bits per heavy atom. The van der Waals surface area contributed by atoms with E-state index in [1.807, 2.05) is 6.08 Å². The maximum atomic E-state index is 12.0. The number of carbonyl (C=O) groups excluding carboxylic acids is 2. The van der Waals surface area contributed by atoms with Crippen molar-refractivity contribution in [1.29, 1.82) is 0 Å². The van der Waals surface area contributed by atoms with Crippen molar-refractivity contribution < 1.29 is 79.7 Å². The van der Waals surface area contributed by atoms with E-state index in [0.717, 1.165) is 0 Å². The fourth-order valence-corrected chi connectivity index (χ4v) is 1.47. The number of likely N-dealkylation sites (N-methyl/N-ethyl adjacent to an activating group) is 1. The first kappa shape index (κ1) is 21.0. The number of nitrogens with one attached hydrogen (secondary N) is 1. The summed E-state index contributed by atoms with van der Waals surface area (Å²) in [5.74, 6) is -0.715. The van der Waals surface area contributed by atoms with E-state index in [4.69, 9.17) is 0 Å². The smallest absolute Gasteiger partial charge is 0.295 e. The number of ether oxygens (including phenoxy) is 1. The molecular weight excluding hydrogens is 386 g/mol. The number of methoxy groups -OCH3 is 1. The molecule has 96 valence electrons. The van der Waals surface area contributed by atoms with Crippen LogP contribution in [0.1, 0.15) is 6.42 Å².